The third-order valence-corrected chi connectivity index (χ3v) is 3.83. The number of hydrogen-bond donors (Lipinski definition) is 2. The van der Waals surface area contributed by atoms with E-state index in [4.69, 9.17) is 46.4 Å². The summed E-state index contributed by atoms with van der Waals surface area (Å²) in [6.07, 6.45) is 0. The molecule has 110 valence electrons. The lowest BCUT2D eigenvalue weighted by atomic mass is 10.3. The van der Waals surface area contributed by atoms with Gasteiger partial charge in [0.05, 0.1) is 27.3 Å². The number of rotatable bonds is 4. The van der Waals surface area contributed by atoms with E-state index in [1.54, 1.807) is 18.2 Å². The van der Waals surface area contributed by atoms with Crippen molar-refractivity contribution >= 4 is 63.7 Å². The van der Waals surface area contributed by atoms with Crippen LogP contribution in [-0.4, -0.2) is 12.5 Å². The quantitative estimate of drug-likeness (QED) is 0.718. The van der Waals surface area contributed by atoms with Gasteiger partial charge in [0.2, 0.25) is 5.91 Å². The number of carbonyl (C=O) groups excluding carboxylic acids is 1. The van der Waals surface area contributed by atoms with Crippen LogP contribution in [0.15, 0.2) is 36.4 Å². The van der Waals surface area contributed by atoms with E-state index < -0.39 is 0 Å². The second kappa shape index (κ2) is 7.23. The summed E-state index contributed by atoms with van der Waals surface area (Å²) in [5.41, 5.74) is 1.15. The van der Waals surface area contributed by atoms with E-state index in [-0.39, 0.29) is 12.5 Å². The minimum Gasteiger partial charge on any atom is -0.376 e. The van der Waals surface area contributed by atoms with Crippen LogP contribution in [0.4, 0.5) is 11.4 Å². The first-order chi connectivity index (χ1) is 9.95. The van der Waals surface area contributed by atoms with Crippen LogP contribution in [0.1, 0.15) is 0 Å². The molecule has 2 N–H and O–H groups in total. The first-order valence-electron chi connectivity index (χ1n) is 5.89. The van der Waals surface area contributed by atoms with Crippen LogP contribution in [0, 0.1) is 0 Å². The maximum Gasteiger partial charge on any atom is 0.243 e. The van der Waals surface area contributed by atoms with Crippen molar-refractivity contribution in [3.8, 4) is 0 Å². The summed E-state index contributed by atoms with van der Waals surface area (Å²) in [6, 6.07) is 10.1. The fourth-order valence-corrected chi connectivity index (χ4v) is 2.38. The molecule has 21 heavy (non-hydrogen) atoms. The molecule has 0 atom stereocenters. The van der Waals surface area contributed by atoms with Gasteiger partial charge in [-0.3, -0.25) is 4.79 Å². The normalized spacial score (nSPS) is 10.3. The summed E-state index contributed by atoms with van der Waals surface area (Å²) in [5.74, 6) is -0.268. The summed E-state index contributed by atoms with van der Waals surface area (Å²) in [5, 5.41) is 7.17. The molecule has 0 aliphatic rings. The van der Waals surface area contributed by atoms with E-state index in [9.17, 15) is 4.79 Å². The number of hydrogen-bond acceptors (Lipinski definition) is 2. The highest BCUT2D eigenvalue weighted by molar-refractivity contribution is 6.44. The molecule has 2 aromatic carbocycles. The first kappa shape index (κ1) is 16.2. The Hall–Kier alpha value is -1.13. The van der Waals surface area contributed by atoms with Crippen molar-refractivity contribution < 1.29 is 4.79 Å². The molecule has 2 aromatic rings. The van der Waals surface area contributed by atoms with Crippen molar-refractivity contribution in [2.24, 2.45) is 0 Å². The van der Waals surface area contributed by atoms with Gasteiger partial charge in [-0.2, -0.15) is 0 Å². The maximum atomic E-state index is 11.9. The average Bonchev–Trinajstić information content (AvgIpc) is 2.43. The molecular formula is C14H10Cl4N2O. The van der Waals surface area contributed by atoms with Crippen LogP contribution in [0.3, 0.4) is 0 Å². The van der Waals surface area contributed by atoms with Gasteiger partial charge < -0.3 is 10.6 Å². The molecule has 0 unspecified atom stereocenters. The minimum absolute atomic E-state index is 0.0664. The lowest BCUT2D eigenvalue weighted by Gasteiger charge is -2.10. The van der Waals surface area contributed by atoms with Crippen molar-refractivity contribution in [1.29, 1.82) is 0 Å². The van der Waals surface area contributed by atoms with Crippen LogP contribution >= 0.6 is 46.4 Å². The number of nitrogens with one attached hydrogen (secondary N) is 2. The number of benzene rings is 2. The first-order valence-corrected chi connectivity index (χ1v) is 7.41. The molecule has 0 spiro atoms. The Morgan fingerprint density at radius 3 is 2.38 bits per heavy atom. The highest BCUT2D eigenvalue weighted by Crippen LogP contribution is 2.32. The van der Waals surface area contributed by atoms with Crippen molar-refractivity contribution in [3.05, 3.63) is 56.5 Å². The molecule has 0 fully saturated rings. The van der Waals surface area contributed by atoms with Crippen molar-refractivity contribution in [2.45, 2.75) is 0 Å². The second-order valence-corrected chi connectivity index (χ2v) is 5.82. The van der Waals surface area contributed by atoms with Gasteiger partial charge in [0, 0.05) is 10.7 Å². The van der Waals surface area contributed by atoms with Gasteiger partial charge in [-0.25, -0.2) is 0 Å². The van der Waals surface area contributed by atoms with Gasteiger partial charge in [0.25, 0.3) is 0 Å². The molecular weight excluding hydrogens is 354 g/mol. The molecule has 0 aromatic heterocycles. The van der Waals surface area contributed by atoms with Crippen LogP contribution in [0.2, 0.25) is 20.1 Å². The Balaban J connectivity index is 1.97. The largest absolute Gasteiger partial charge is 0.376 e. The fourth-order valence-electron chi connectivity index (χ4n) is 1.59. The van der Waals surface area contributed by atoms with Crippen LogP contribution < -0.4 is 10.6 Å². The fraction of sp³-hybridized carbons (Fsp3) is 0.0714. The van der Waals surface area contributed by atoms with Crippen LogP contribution in [0.25, 0.3) is 0 Å². The van der Waals surface area contributed by atoms with Gasteiger partial charge in [0.15, 0.2) is 0 Å². The SMILES string of the molecule is O=C(CNc1cccc(Cl)c1)Nc1cc(Cl)c(Cl)cc1Cl. The van der Waals surface area contributed by atoms with E-state index in [2.05, 4.69) is 10.6 Å². The van der Waals surface area contributed by atoms with Gasteiger partial charge in [-0.1, -0.05) is 52.5 Å². The predicted octanol–water partition coefficient (Wildman–Crippen LogP) is 5.35. The van der Waals surface area contributed by atoms with Gasteiger partial charge in [-0.05, 0) is 30.3 Å². The van der Waals surface area contributed by atoms with Gasteiger partial charge in [-0.15, -0.1) is 0 Å². The average molecular weight is 364 g/mol. The predicted molar refractivity (Wildman–Crippen MR) is 90.0 cm³/mol. The zero-order valence-corrected chi connectivity index (χ0v) is 13.6. The second-order valence-electron chi connectivity index (χ2n) is 4.16. The van der Waals surface area contributed by atoms with Gasteiger partial charge in [0.1, 0.15) is 0 Å². The number of anilines is 2. The zero-order chi connectivity index (χ0) is 15.4. The molecule has 2 rings (SSSR count). The Bertz CT molecular complexity index is 676. The van der Waals surface area contributed by atoms with Gasteiger partial charge >= 0.3 is 0 Å². The van der Waals surface area contributed by atoms with Crippen molar-refractivity contribution in [3.63, 3.8) is 0 Å². The van der Waals surface area contributed by atoms with E-state index >= 15 is 0 Å². The summed E-state index contributed by atoms with van der Waals surface area (Å²) in [6.45, 7) is 0.0664. The highest BCUT2D eigenvalue weighted by Gasteiger charge is 2.09. The number of carbonyl (C=O) groups is 1. The molecule has 3 nitrogen and oxygen atoms in total. The number of amides is 1. The lowest BCUT2D eigenvalue weighted by molar-refractivity contribution is -0.114. The van der Waals surface area contributed by atoms with E-state index in [0.29, 0.717) is 25.8 Å². The monoisotopic (exact) mass is 362 g/mol. The molecule has 0 saturated heterocycles. The molecule has 0 bridgehead atoms. The summed E-state index contributed by atoms with van der Waals surface area (Å²) in [7, 11) is 0. The molecule has 0 aliphatic heterocycles. The van der Waals surface area contributed by atoms with Crippen LogP contribution in [-0.2, 0) is 4.79 Å². The molecule has 0 heterocycles. The third kappa shape index (κ3) is 4.68. The Morgan fingerprint density at radius 2 is 1.67 bits per heavy atom. The highest BCUT2D eigenvalue weighted by atomic mass is 35.5. The third-order valence-electron chi connectivity index (χ3n) is 2.56. The van der Waals surface area contributed by atoms with E-state index in [0.717, 1.165) is 5.69 Å². The Morgan fingerprint density at radius 1 is 0.952 bits per heavy atom. The zero-order valence-electron chi connectivity index (χ0n) is 10.6. The lowest BCUT2D eigenvalue weighted by Crippen LogP contribution is -2.21. The topological polar surface area (TPSA) is 41.1 Å². The van der Waals surface area contributed by atoms with Crippen molar-refractivity contribution in [1.82, 2.24) is 0 Å². The number of halogens is 4. The van der Waals surface area contributed by atoms with Crippen LogP contribution in [0.5, 0.6) is 0 Å². The molecule has 7 heteroatoms. The molecule has 1 amide bonds. The minimum atomic E-state index is -0.268. The summed E-state index contributed by atoms with van der Waals surface area (Å²) < 4.78 is 0. The Kier molecular flexibility index (Phi) is 5.59. The molecule has 0 saturated carbocycles. The van der Waals surface area contributed by atoms with E-state index in [1.165, 1.54) is 12.1 Å². The summed E-state index contributed by atoms with van der Waals surface area (Å²) >= 11 is 23.6. The van der Waals surface area contributed by atoms with Crippen molar-refractivity contribution in [2.75, 3.05) is 17.2 Å². The standard InChI is InChI=1S/C14H10Cl4N2O/c15-8-2-1-3-9(4-8)19-7-14(21)20-13-6-11(17)10(16)5-12(13)18/h1-6,19H,7H2,(H,20,21). The molecule has 0 aliphatic carbocycles. The van der Waals surface area contributed by atoms with E-state index in [1.807, 2.05) is 6.07 Å². The molecule has 0 radical (unpaired) electrons. The maximum absolute atomic E-state index is 11.9. The summed E-state index contributed by atoms with van der Waals surface area (Å²) in [4.78, 5) is 11.9. The smallest absolute Gasteiger partial charge is 0.243 e. The Labute approximate surface area is 142 Å².